The van der Waals surface area contributed by atoms with Crippen LogP contribution in [0.4, 0.5) is 4.39 Å². The van der Waals surface area contributed by atoms with Gasteiger partial charge in [0.05, 0.1) is 5.69 Å². The fraction of sp³-hybridized carbons (Fsp3) is 0.133. The molecule has 0 aliphatic carbocycles. The largest absolute Gasteiger partial charge is 0.256 e. The Kier molecular flexibility index (Phi) is 3.33. The molecule has 0 aliphatic rings. The van der Waals surface area contributed by atoms with Crippen molar-refractivity contribution < 1.29 is 4.39 Å². The summed E-state index contributed by atoms with van der Waals surface area (Å²) in [5, 5.41) is 0. The Balaban J connectivity index is 2.44. The lowest BCUT2D eigenvalue weighted by atomic mass is 10.0. The van der Waals surface area contributed by atoms with E-state index in [2.05, 4.69) is 4.98 Å². The summed E-state index contributed by atoms with van der Waals surface area (Å²) in [5.41, 5.74) is 3.83. The Morgan fingerprint density at radius 2 is 2.00 bits per heavy atom. The summed E-state index contributed by atoms with van der Waals surface area (Å²) < 4.78 is 13.1. The van der Waals surface area contributed by atoms with Crippen molar-refractivity contribution in [2.45, 2.75) is 13.8 Å². The van der Waals surface area contributed by atoms with Crippen LogP contribution in [0.1, 0.15) is 18.2 Å². The second-order valence-electron chi connectivity index (χ2n) is 3.94. The highest BCUT2D eigenvalue weighted by atomic mass is 19.1. The van der Waals surface area contributed by atoms with Crippen LogP contribution >= 0.6 is 0 Å². The molecule has 2 rings (SSSR count). The number of benzene rings is 1. The van der Waals surface area contributed by atoms with Crippen molar-refractivity contribution in [1.82, 2.24) is 4.98 Å². The fourth-order valence-electron chi connectivity index (χ4n) is 1.74. The topological polar surface area (TPSA) is 12.9 Å². The average molecular weight is 227 g/mol. The molecule has 86 valence electrons. The molecule has 0 fully saturated rings. The van der Waals surface area contributed by atoms with Crippen LogP contribution in [-0.4, -0.2) is 4.98 Å². The van der Waals surface area contributed by atoms with E-state index in [9.17, 15) is 4.39 Å². The van der Waals surface area contributed by atoms with Crippen LogP contribution in [0.5, 0.6) is 0 Å². The summed E-state index contributed by atoms with van der Waals surface area (Å²) in [4.78, 5) is 4.36. The molecule has 0 saturated heterocycles. The highest BCUT2D eigenvalue weighted by Gasteiger charge is 2.02. The molecule has 1 aromatic heterocycles. The third-order valence-electron chi connectivity index (χ3n) is 2.60. The van der Waals surface area contributed by atoms with Crippen molar-refractivity contribution in [2.75, 3.05) is 0 Å². The van der Waals surface area contributed by atoms with Gasteiger partial charge in [-0.05, 0) is 49.2 Å². The smallest absolute Gasteiger partial charge is 0.123 e. The van der Waals surface area contributed by atoms with Crippen LogP contribution < -0.4 is 0 Å². The number of hydrogen-bond donors (Lipinski definition) is 0. The van der Waals surface area contributed by atoms with Crippen LogP contribution in [0.25, 0.3) is 17.2 Å². The van der Waals surface area contributed by atoms with Gasteiger partial charge < -0.3 is 0 Å². The van der Waals surface area contributed by atoms with Crippen molar-refractivity contribution in [3.63, 3.8) is 0 Å². The van der Waals surface area contributed by atoms with E-state index in [1.54, 1.807) is 12.3 Å². The predicted molar refractivity (Wildman–Crippen MR) is 69.1 cm³/mol. The number of allylic oxidation sites excluding steroid dienone is 1. The standard InChI is InChI=1S/C15H14FN/c1-3-5-15-11(2)8-13(10-17-15)12-6-4-7-14(16)9-12/h3-10H,1-2H3/b5-3-. The minimum atomic E-state index is -0.224. The van der Waals surface area contributed by atoms with Gasteiger partial charge in [-0.2, -0.15) is 0 Å². The molecule has 1 aromatic carbocycles. The molecule has 0 aliphatic heterocycles. The molecule has 2 heteroatoms. The Morgan fingerprint density at radius 3 is 2.65 bits per heavy atom. The van der Waals surface area contributed by atoms with E-state index in [1.807, 2.05) is 38.1 Å². The molecule has 0 saturated carbocycles. The third-order valence-corrected chi connectivity index (χ3v) is 2.60. The Hall–Kier alpha value is -1.96. The monoisotopic (exact) mass is 227 g/mol. The zero-order chi connectivity index (χ0) is 12.3. The fourth-order valence-corrected chi connectivity index (χ4v) is 1.74. The SMILES string of the molecule is C/C=C\c1ncc(-c2cccc(F)c2)cc1C. The van der Waals surface area contributed by atoms with Gasteiger partial charge in [0.15, 0.2) is 0 Å². The second kappa shape index (κ2) is 4.91. The number of aromatic nitrogens is 1. The molecule has 0 unspecified atom stereocenters. The van der Waals surface area contributed by atoms with Crippen LogP contribution in [0.3, 0.4) is 0 Å². The summed E-state index contributed by atoms with van der Waals surface area (Å²) in [6, 6.07) is 8.58. The van der Waals surface area contributed by atoms with Crippen molar-refractivity contribution >= 4 is 6.08 Å². The highest BCUT2D eigenvalue weighted by molar-refractivity contribution is 5.65. The maximum Gasteiger partial charge on any atom is 0.123 e. The number of rotatable bonds is 2. The van der Waals surface area contributed by atoms with E-state index in [0.29, 0.717) is 0 Å². The predicted octanol–water partition coefficient (Wildman–Crippen LogP) is 4.23. The van der Waals surface area contributed by atoms with E-state index >= 15 is 0 Å². The molecule has 1 nitrogen and oxygen atoms in total. The number of aryl methyl sites for hydroxylation is 1. The summed E-state index contributed by atoms with van der Waals surface area (Å²) in [6.07, 6.45) is 5.69. The summed E-state index contributed by atoms with van der Waals surface area (Å²) in [7, 11) is 0. The Labute approximate surface area is 101 Å². The van der Waals surface area contributed by atoms with Crippen molar-refractivity contribution in [3.8, 4) is 11.1 Å². The molecule has 0 spiro atoms. The van der Waals surface area contributed by atoms with E-state index in [1.165, 1.54) is 12.1 Å². The van der Waals surface area contributed by atoms with Crippen molar-refractivity contribution in [3.05, 3.63) is 59.7 Å². The van der Waals surface area contributed by atoms with Crippen LogP contribution in [0.15, 0.2) is 42.6 Å². The van der Waals surface area contributed by atoms with Gasteiger partial charge in [0.25, 0.3) is 0 Å². The highest BCUT2D eigenvalue weighted by Crippen LogP contribution is 2.21. The first-order valence-electron chi connectivity index (χ1n) is 5.56. The van der Waals surface area contributed by atoms with Crippen molar-refractivity contribution in [2.24, 2.45) is 0 Å². The first kappa shape index (κ1) is 11.5. The summed E-state index contributed by atoms with van der Waals surface area (Å²) >= 11 is 0. The molecule has 0 radical (unpaired) electrons. The van der Waals surface area contributed by atoms with Crippen molar-refractivity contribution in [1.29, 1.82) is 0 Å². The van der Waals surface area contributed by atoms with Gasteiger partial charge in [-0.3, -0.25) is 4.98 Å². The summed E-state index contributed by atoms with van der Waals surface area (Å²) in [5.74, 6) is -0.224. The minimum absolute atomic E-state index is 0.224. The maximum atomic E-state index is 13.1. The molecular weight excluding hydrogens is 213 g/mol. The van der Waals surface area contributed by atoms with Gasteiger partial charge in [0, 0.05) is 11.8 Å². The molecule has 1 heterocycles. The van der Waals surface area contributed by atoms with Crippen LogP contribution in [0, 0.1) is 12.7 Å². The lowest BCUT2D eigenvalue weighted by Gasteiger charge is -2.05. The Morgan fingerprint density at radius 1 is 1.18 bits per heavy atom. The normalized spacial score (nSPS) is 11.0. The van der Waals surface area contributed by atoms with Crippen LogP contribution in [-0.2, 0) is 0 Å². The first-order chi connectivity index (χ1) is 8.20. The molecule has 0 bridgehead atoms. The maximum absolute atomic E-state index is 13.1. The second-order valence-corrected chi connectivity index (χ2v) is 3.94. The van der Waals surface area contributed by atoms with E-state index in [-0.39, 0.29) is 5.82 Å². The first-order valence-corrected chi connectivity index (χ1v) is 5.56. The zero-order valence-electron chi connectivity index (χ0n) is 9.94. The number of nitrogens with zero attached hydrogens (tertiary/aromatic N) is 1. The molecule has 17 heavy (non-hydrogen) atoms. The summed E-state index contributed by atoms with van der Waals surface area (Å²) in [6.45, 7) is 3.97. The quantitative estimate of drug-likeness (QED) is 0.748. The average Bonchev–Trinajstić information content (AvgIpc) is 2.32. The Bertz CT molecular complexity index is 559. The molecule has 2 aromatic rings. The van der Waals surface area contributed by atoms with E-state index in [4.69, 9.17) is 0 Å². The zero-order valence-corrected chi connectivity index (χ0v) is 9.94. The molecular formula is C15H14FN. The lowest BCUT2D eigenvalue weighted by molar-refractivity contribution is 0.628. The van der Waals surface area contributed by atoms with E-state index < -0.39 is 0 Å². The molecule has 0 N–H and O–H groups in total. The molecule has 0 atom stereocenters. The third kappa shape index (κ3) is 2.59. The molecule has 0 amide bonds. The number of hydrogen-bond acceptors (Lipinski definition) is 1. The van der Waals surface area contributed by atoms with Gasteiger partial charge in [-0.25, -0.2) is 4.39 Å². The number of halogens is 1. The van der Waals surface area contributed by atoms with E-state index in [0.717, 1.165) is 22.4 Å². The van der Waals surface area contributed by atoms with Gasteiger partial charge >= 0.3 is 0 Å². The van der Waals surface area contributed by atoms with Crippen LogP contribution in [0.2, 0.25) is 0 Å². The number of pyridine rings is 1. The van der Waals surface area contributed by atoms with Gasteiger partial charge in [-0.1, -0.05) is 18.2 Å². The minimum Gasteiger partial charge on any atom is -0.256 e. The van der Waals surface area contributed by atoms with Gasteiger partial charge in [0.1, 0.15) is 5.82 Å². The van der Waals surface area contributed by atoms with Gasteiger partial charge in [0.2, 0.25) is 0 Å². The lowest BCUT2D eigenvalue weighted by Crippen LogP contribution is -1.89. The van der Waals surface area contributed by atoms with Gasteiger partial charge in [-0.15, -0.1) is 0 Å².